The van der Waals surface area contributed by atoms with Crippen LogP contribution in [0, 0.1) is 10.1 Å². The smallest absolute Gasteiger partial charge is 0.279 e. The zero-order chi connectivity index (χ0) is 29.4. The number of nitrogens with zero attached hydrogens (tertiary/aromatic N) is 1. The van der Waals surface area contributed by atoms with E-state index in [0.29, 0.717) is 25.2 Å². The van der Waals surface area contributed by atoms with E-state index in [2.05, 4.69) is 36.4 Å². The Morgan fingerprint density at radius 3 is 2.05 bits per heavy atom. The van der Waals surface area contributed by atoms with Gasteiger partial charge < -0.3 is 24.1 Å². The molecule has 41 heavy (non-hydrogen) atoms. The Hall–Kier alpha value is -4.56. The summed E-state index contributed by atoms with van der Waals surface area (Å²) in [6.45, 7) is 1.78. The molecule has 1 N–H and O–H groups in total. The summed E-state index contributed by atoms with van der Waals surface area (Å²) in [6.07, 6.45) is 0.301. The van der Waals surface area contributed by atoms with Gasteiger partial charge in [0.05, 0.1) is 50.6 Å². The number of ether oxygens (including phenoxy) is 4. The number of nitro benzene ring substituents is 1. The van der Waals surface area contributed by atoms with E-state index >= 15 is 0 Å². The number of methoxy groups -OCH3 is 3. The summed E-state index contributed by atoms with van der Waals surface area (Å²) in [6, 6.07) is 27.4. The molecule has 0 amide bonds. The van der Waals surface area contributed by atoms with Crippen molar-refractivity contribution in [3.63, 3.8) is 0 Å². The Kier molecular flexibility index (Phi) is 9.81. The van der Waals surface area contributed by atoms with Crippen molar-refractivity contribution in [3.05, 3.63) is 123 Å². The molecule has 0 bridgehead atoms. The molecule has 0 saturated carbocycles. The molecule has 0 aliphatic carbocycles. The normalized spacial score (nSPS) is 12.3. The van der Waals surface area contributed by atoms with Crippen molar-refractivity contribution in [2.45, 2.75) is 31.8 Å². The van der Waals surface area contributed by atoms with Gasteiger partial charge in [0.15, 0.2) is 11.5 Å². The molecule has 0 heterocycles. The molecule has 0 spiro atoms. The predicted molar refractivity (Wildman–Crippen MR) is 157 cm³/mol. The van der Waals surface area contributed by atoms with Crippen LogP contribution in [0.15, 0.2) is 84.9 Å². The van der Waals surface area contributed by atoms with Crippen molar-refractivity contribution in [1.29, 1.82) is 0 Å². The first kappa shape index (κ1) is 29.4. The zero-order valence-corrected chi connectivity index (χ0v) is 23.7. The SMILES string of the molecule is COc1ccc(C(c2ccccc2)c2ccc(OC)cc2CCCOc2cc([N+](=O)[O-])c(C(C)O)cc2OC)cc1. The summed E-state index contributed by atoms with van der Waals surface area (Å²) >= 11 is 0. The Balaban J connectivity index is 1.61. The largest absolute Gasteiger partial charge is 0.497 e. The molecule has 4 rings (SSSR count). The van der Waals surface area contributed by atoms with Gasteiger partial charge in [-0.15, -0.1) is 0 Å². The average Bonchev–Trinajstić information content (AvgIpc) is 3.00. The molecule has 8 nitrogen and oxygen atoms in total. The Morgan fingerprint density at radius 1 is 0.780 bits per heavy atom. The molecule has 2 unspecified atom stereocenters. The molecule has 8 heteroatoms. The lowest BCUT2D eigenvalue weighted by Gasteiger charge is -2.23. The lowest BCUT2D eigenvalue weighted by atomic mass is 9.82. The third kappa shape index (κ3) is 6.96. The minimum atomic E-state index is -1.02. The molecule has 214 valence electrons. The fourth-order valence-corrected chi connectivity index (χ4v) is 4.98. The van der Waals surface area contributed by atoms with Gasteiger partial charge in [0.1, 0.15) is 11.5 Å². The Morgan fingerprint density at radius 2 is 1.44 bits per heavy atom. The highest BCUT2D eigenvalue weighted by molar-refractivity contribution is 5.55. The summed E-state index contributed by atoms with van der Waals surface area (Å²) in [7, 11) is 4.77. The maximum Gasteiger partial charge on any atom is 0.279 e. The first-order chi connectivity index (χ1) is 19.9. The van der Waals surface area contributed by atoms with Crippen LogP contribution in [0.2, 0.25) is 0 Å². The summed E-state index contributed by atoms with van der Waals surface area (Å²) in [4.78, 5) is 11.1. The van der Waals surface area contributed by atoms with E-state index in [-0.39, 0.29) is 22.9 Å². The first-order valence-corrected chi connectivity index (χ1v) is 13.4. The highest BCUT2D eigenvalue weighted by atomic mass is 16.6. The summed E-state index contributed by atoms with van der Waals surface area (Å²) in [5.74, 6) is 2.13. The second-order valence-corrected chi connectivity index (χ2v) is 9.63. The topological polar surface area (TPSA) is 100 Å². The maximum atomic E-state index is 11.6. The molecular weight excluding hydrogens is 522 g/mol. The van der Waals surface area contributed by atoms with Crippen LogP contribution in [-0.4, -0.2) is 38.0 Å². The number of hydrogen-bond donors (Lipinski definition) is 1. The van der Waals surface area contributed by atoms with E-state index in [4.69, 9.17) is 18.9 Å². The van der Waals surface area contributed by atoms with Crippen molar-refractivity contribution in [2.24, 2.45) is 0 Å². The van der Waals surface area contributed by atoms with Gasteiger partial charge in [-0.25, -0.2) is 0 Å². The number of aryl methyl sites for hydroxylation is 1. The highest BCUT2D eigenvalue weighted by Crippen LogP contribution is 2.39. The van der Waals surface area contributed by atoms with E-state index < -0.39 is 11.0 Å². The van der Waals surface area contributed by atoms with Gasteiger partial charge in [0, 0.05) is 5.92 Å². The maximum absolute atomic E-state index is 11.6. The second kappa shape index (κ2) is 13.7. The summed E-state index contributed by atoms with van der Waals surface area (Å²) in [5.41, 5.74) is 4.52. The number of hydrogen-bond acceptors (Lipinski definition) is 7. The lowest BCUT2D eigenvalue weighted by molar-refractivity contribution is -0.386. The molecule has 2 atom stereocenters. The van der Waals surface area contributed by atoms with Gasteiger partial charge in [-0.05, 0) is 72.4 Å². The molecule has 4 aromatic carbocycles. The van der Waals surface area contributed by atoms with E-state index in [0.717, 1.165) is 33.8 Å². The standard InChI is InChI=1S/C33H35NO7/c1-22(35)29-20-31(40-4)32(21-30(29)34(36)37)41-18-8-11-25-19-27(39-3)16-17-28(25)33(23-9-6-5-7-10-23)24-12-14-26(38-2)15-13-24/h5-7,9-10,12-17,19-22,33,35H,8,11,18H2,1-4H3. The van der Waals surface area contributed by atoms with Crippen LogP contribution < -0.4 is 18.9 Å². The van der Waals surface area contributed by atoms with Crippen LogP contribution in [0.4, 0.5) is 5.69 Å². The highest BCUT2D eigenvalue weighted by Gasteiger charge is 2.23. The summed E-state index contributed by atoms with van der Waals surface area (Å²) < 4.78 is 22.3. The van der Waals surface area contributed by atoms with Crippen LogP contribution >= 0.6 is 0 Å². The van der Waals surface area contributed by atoms with Crippen LogP contribution in [0.1, 0.15) is 53.2 Å². The van der Waals surface area contributed by atoms with Crippen molar-refractivity contribution in [2.75, 3.05) is 27.9 Å². The van der Waals surface area contributed by atoms with Gasteiger partial charge in [-0.3, -0.25) is 10.1 Å². The molecule has 0 aromatic heterocycles. The predicted octanol–water partition coefficient (Wildman–Crippen LogP) is 6.87. The van der Waals surface area contributed by atoms with Gasteiger partial charge in [0.2, 0.25) is 0 Å². The number of benzene rings is 4. The molecule has 0 aliphatic rings. The van der Waals surface area contributed by atoms with Crippen molar-refractivity contribution in [1.82, 2.24) is 0 Å². The quantitative estimate of drug-likeness (QED) is 0.0829. The van der Waals surface area contributed by atoms with Gasteiger partial charge in [-0.1, -0.05) is 48.5 Å². The van der Waals surface area contributed by atoms with Crippen molar-refractivity contribution < 1.29 is 29.0 Å². The van der Waals surface area contributed by atoms with E-state index in [9.17, 15) is 15.2 Å². The number of rotatable bonds is 13. The minimum absolute atomic E-state index is 0.0142. The third-order valence-electron chi connectivity index (χ3n) is 7.05. The fraction of sp³-hybridized carbons (Fsp3) is 0.273. The first-order valence-electron chi connectivity index (χ1n) is 13.4. The van der Waals surface area contributed by atoms with Crippen LogP contribution in [0.5, 0.6) is 23.0 Å². The minimum Gasteiger partial charge on any atom is -0.497 e. The fourth-order valence-electron chi connectivity index (χ4n) is 4.98. The van der Waals surface area contributed by atoms with Crippen molar-refractivity contribution >= 4 is 5.69 Å². The van der Waals surface area contributed by atoms with Gasteiger partial charge >= 0.3 is 0 Å². The van der Waals surface area contributed by atoms with E-state index in [1.54, 1.807) is 14.2 Å². The van der Waals surface area contributed by atoms with Gasteiger partial charge in [-0.2, -0.15) is 0 Å². The van der Waals surface area contributed by atoms with E-state index in [1.807, 2.05) is 36.4 Å². The average molecular weight is 558 g/mol. The third-order valence-corrected chi connectivity index (χ3v) is 7.05. The zero-order valence-electron chi connectivity index (χ0n) is 23.7. The molecule has 4 aromatic rings. The Labute approximate surface area is 240 Å². The lowest BCUT2D eigenvalue weighted by Crippen LogP contribution is -2.09. The molecule has 0 saturated heterocycles. The summed E-state index contributed by atoms with van der Waals surface area (Å²) in [5, 5.41) is 21.6. The number of aliphatic hydroxyl groups excluding tert-OH is 1. The van der Waals surface area contributed by atoms with Gasteiger partial charge in [0.25, 0.3) is 5.69 Å². The van der Waals surface area contributed by atoms with Crippen LogP contribution in [0.3, 0.4) is 0 Å². The molecular formula is C33H35NO7. The van der Waals surface area contributed by atoms with Crippen LogP contribution in [0.25, 0.3) is 0 Å². The molecule has 0 fully saturated rings. The van der Waals surface area contributed by atoms with Crippen LogP contribution in [-0.2, 0) is 6.42 Å². The molecule has 0 aliphatic heterocycles. The Bertz CT molecular complexity index is 1450. The number of aliphatic hydroxyl groups is 1. The number of nitro groups is 1. The monoisotopic (exact) mass is 557 g/mol. The molecule has 0 radical (unpaired) electrons. The van der Waals surface area contributed by atoms with E-state index in [1.165, 1.54) is 26.2 Å². The second-order valence-electron chi connectivity index (χ2n) is 9.63. The van der Waals surface area contributed by atoms with Crippen molar-refractivity contribution in [3.8, 4) is 23.0 Å².